The SMILES string of the molecule is CC(NCC1CCC(O)CC1)c1ccc(N(C)C)cc1. The largest absolute Gasteiger partial charge is 0.393 e. The number of nitrogens with one attached hydrogen (secondary N) is 1. The number of rotatable bonds is 5. The third-order valence-electron chi connectivity index (χ3n) is 4.44. The molecule has 3 nitrogen and oxygen atoms in total. The van der Waals surface area contributed by atoms with E-state index in [2.05, 4.69) is 55.5 Å². The molecule has 1 fully saturated rings. The number of nitrogens with zero attached hydrogens (tertiary/aromatic N) is 1. The summed E-state index contributed by atoms with van der Waals surface area (Å²) < 4.78 is 0. The van der Waals surface area contributed by atoms with Crippen molar-refractivity contribution in [3.05, 3.63) is 29.8 Å². The molecule has 1 atom stereocenters. The molecule has 0 aromatic heterocycles. The molecule has 0 heterocycles. The Morgan fingerprint density at radius 2 is 1.75 bits per heavy atom. The van der Waals surface area contributed by atoms with Gasteiger partial charge in [0.05, 0.1) is 6.10 Å². The number of aliphatic hydroxyl groups is 1. The van der Waals surface area contributed by atoms with Gasteiger partial charge in [0.2, 0.25) is 0 Å². The first kappa shape index (κ1) is 15.3. The Morgan fingerprint density at radius 3 is 2.30 bits per heavy atom. The predicted molar refractivity (Wildman–Crippen MR) is 85.2 cm³/mol. The Bertz CT molecular complexity index is 394. The molecule has 1 aromatic rings. The van der Waals surface area contributed by atoms with Crippen molar-refractivity contribution in [1.29, 1.82) is 0 Å². The molecular weight excluding hydrogens is 248 g/mol. The van der Waals surface area contributed by atoms with E-state index in [0.29, 0.717) is 6.04 Å². The second-order valence-corrected chi connectivity index (χ2v) is 6.29. The monoisotopic (exact) mass is 276 g/mol. The maximum atomic E-state index is 9.53. The first-order chi connectivity index (χ1) is 9.56. The zero-order valence-corrected chi connectivity index (χ0v) is 13.0. The molecule has 0 amide bonds. The van der Waals surface area contributed by atoms with Crippen molar-refractivity contribution >= 4 is 5.69 Å². The molecular formula is C17H28N2O. The van der Waals surface area contributed by atoms with E-state index < -0.39 is 0 Å². The fraction of sp³-hybridized carbons (Fsp3) is 0.647. The molecule has 1 saturated carbocycles. The van der Waals surface area contributed by atoms with Gasteiger partial charge in [-0.05, 0) is 62.8 Å². The van der Waals surface area contributed by atoms with Crippen LogP contribution in [-0.2, 0) is 0 Å². The van der Waals surface area contributed by atoms with E-state index in [4.69, 9.17) is 0 Å². The van der Waals surface area contributed by atoms with Crippen molar-refractivity contribution < 1.29 is 5.11 Å². The molecule has 2 rings (SSSR count). The molecule has 3 heteroatoms. The van der Waals surface area contributed by atoms with Gasteiger partial charge >= 0.3 is 0 Å². The Hall–Kier alpha value is -1.06. The molecule has 0 saturated heterocycles. The summed E-state index contributed by atoms with van der Waals surface area (Å²) in [6.07, 6.45) is 4.19. The van der Waals surface area contributed by atoms with Crippen LogP contribution in [-0.4, -0.2) is 31.9 Å². The van der Waals surface area contributed by atoms with Gasteiger partial charge in [-0.15, -0.1) is 0 Å². The van der Waals surface area contributed by atoms with Gasteiger partial charge in [-0.25, -0.2) is 0 Å². The van der Waals surface area contributed by atoms with E-state index in [-0.39, 0.29) is 6.10 Å². The topological polar surface area (TPSA) is 35.5 Å². The zero-order chi connectivity index (χ0) is 14.5. The summed E-state index contributed by atoms with van der Waals surface area (Å²) in [4.78, 5) is 2.12. The van der Waals surface area contributed by atoms with Crippen molar-refractivity contribution in [2.24, 2.45) is 5.92 Å². The van der Waals surface area contributed by atoms with Crippen molar-refractivity contribution in [1.82, 2.24) is 5.32 Å². The highest BCUT2D eigenvalue weighted by Crippen LogP contribution is 2.24. The third kappa shape index (κ3) is 4.22. The minimum atomic E-state index is -0.0535. The maximum absolute atomic E-state index is 9.53. The summed E-state index contributed by atoms with van der Waals surface area (Å²) in [6.45, 7) is 3.28. The van der Waals surface area contributed by atoms with E-state index in [9.17, 15) is 5.11 Å². The summed E-state index contributed by atoms with van der Waals surface area (Å²) >= 11 is 0. The van der Waals surface area contributed by atoms with Crippen LogP contribution < -0.4 is 10.2 Å². The van der Waals surface area contributed by atoms with Crippen LogP contribution in [0.4, 0.5) is 5.69 Å². The molecule has 0 aliphatic heterocycles. The van der Waals surface area contributed by atoms with E-state index in [0.717, 1.165) is 38.1 Å². The third-order valence-corrected chi connectivity index (χ3v) is 4.44. The molecule has 1 aliphatic rings. The Balaban J connectivity index is 1.80. The van der Waals surface area contributed by atoms with Crippen molar-refractivity contribution in [3.63, 3.8) is 0 Å². The normalized spacial score (nSPS) is 24.4. The minimum Gasteiger partial charge on any atom is -0.393 e. The average Bonchev–Trinajstić information content (AvgIpc) is 2.46. The first-order valence-corrected chi connectivity index (χ1v) is 7.75. The van der Waals surface area contributed by atoms with Crippen LogP contribution in [0.2, 0.25) is 0 Å². The molecule has 0 spiro atoms. The van der Waals surface area contributed by atoms with Crippen LogP contribution in [0.3, 0.4) is 0 Å². The van der Waals surface area contributed by atoms with Crippen LogP contribution in [0.25, 0.3) is 0 Å². The molecule has 112 valence electrons. The highest BCUT2D eigenvalue weighted by atomic mass is 16.3. The van der Waals surface area contributed by atoms with E-state index in [1.807, 2.05) is 0 Å². The second kappa shape index (κ2) is 7.09. The van der Waals surface area contributed by atoms with Crippen LogP contribution in [0.1, 0.15) is 44.2 Å². The molecule has 1 aliphatic carbocycles. The number of anilines is 1. The molecule has 20 heavy (non-hydrogen) atoms. The summed E-state index contributed by atoms with van der Waals surface area (Å²) in [7, 11) is 4.13. The Morgan fingerprint density at radius 1 is 1.15 bits per heavy atom. The summed E-state index contributed by atoms with van der Waals surface area (Å²) in [5.74, 6) is 0.724. The van der Waals surface area contributed by atoms with Crippen LogP contribution in [0, 0.1) is 5.92 Å². The lowest BCUT2D eigenvalue weighted by Crippen LogP contribution is -2.29. The highest BCUT2D eigenvalue weighted by Gasteiger charge is 2.19. The fourth-order valence-corrected chi connectivity index (χ4v) is 2.87. The standard InChI is InChI=1S/C17H28N2O/c1-13(15-6-8-16(9-7-15)19(2)3)18-12-14-4-10-17(20)11-5-14/h6-9,13-14,17-18,20H,4-5,10-12H2,1-3H3. The minimum absolute atomic E-state index is 0.0535. The lowest BCUT2D eigenvalue weighted by molar-refractivity contribution is 0.108. The number of aliphatic hydroxyl groups excluding tert-OH is 1. The average molecular weight is 276 g/mol. The summed E-state index contributed by atoms with van der Waals surface area (Å²) in [5, 5.41) is 13.2. The van der Waals surface area contributed by atoms with E-state index in [1.165, 1.54) is 11.3 Å². The molecule has 0 bridgehead atoms. The second-order valence-electron chi connectivity index (χ2n) is 6.29. The van der Waals surface area contributed by atoms with Gasteiger partial charge in [0.1, 0.15) is 0 Å². The van der Waals surface area contributed by atoms with Gasteiger partial charge < -0.3 is 15.3 Å². The molecule has 1 aromatic carbocycles. The number of hydrogen-bond donors (Lipinski definition) is 2. The van der Waals surface area contributed by atoms with Gasteiger partial charge in [0, 0.05) is 25.8 Å². The Kier molecular flexibility index (Phi) is 5.44. The highest BCUT2D eigenvalue weighted by molar-refractivity contribution is 5.46. The number of benzene rings is 1. The first-order valence-electron chi connectivity index (χ1n) is 7.75. The fourth-order valence-electron chi connectivity index (χ4n) is 2.87. The lowest BCUT2D eigenvalue weighted by Gasteiger charge is -2.27. The quantitative estimate of drug-likeness (QED) is 0.868. The zero-order valence-electron chi connectivity index (χ0n) is 13.0. The maximum Gasteiger partial charge on any atom is 0.0540 e. The lowest BCUT2D eigenvalue weighted by atomic mass is 9.87. The van der Waals surface area contributed by atoms with Crippen molar-refractivity contribution in [2.75, 3.05) is 25.5 Å². The van der Waals surface area contributed by atoms with Gasteiger partial charge in [0.15, 0.2) is 0 Å². The molecule has 2 N–H and O–H groups in total. The van der Waals surface area contributed by atoms with E-state index in [1.54, 1.807) is 0 Å². The predicted octanol–water partition coefficient (Wildman–Crippen LogP) is 2.95. The van der Waals surface area contributed by atoms with Crippen molar-refractivity contribution in [3.8, 4) is 0 Å². The van der Waals surface area contributed by atoms with Crippen LogP contribution in [0.15, 0.2) is 24.3 Å². The molecule has 0 radical (unpaired) electrons. The summed E-state index contributed by atoms with van der Waals surface area (Å²) in [6, 6.07) is 9.14. The summed E-state index contributed by atoms with van der Waals surface area (Å²) in [5.41, 5.74) is 2.58. The van der Waals surface area contributed by atoms with Gasteiger partial charge in [0.25, 0.3) is 0 Å². The molecule has 1 unspecified atom stereocenters. The van der Waals surface area contributed by atoms with Crippen molar-refractivity contribution in [2.45, 2.75) is 44.8 Å². The number of hydrogen-bond acceptors (Lipinski definition) is 3. The van der Waals surface area contributed by atoms with Gasteiger partial charge in [-0.2, -0.15) is 0 Å². The Labute approximate surface area is 123 Å². The van der Waals surface area contributed by atoms with Gasteiger partial charge in [-0.3, -0.25) is 0 Å². The van der Waals surface area contributed by atoms with Crippen LogP contribution >= 0.6 is 0 Å². The van der Waals surface area contributed by atoms with Crippen LogP contribution in [0.5, 0.6) is 0 Å². The van der Waals surface area contributed by atoms with Gasteiger partial charge in [-0.1, -0.05) is 12.1 Å². The van der Waals surface area contributed by atoms with E-state index >= 15 is 0 Å². The smallest absolute Gasteiger partial charge is 0.0540 e.